The molecule has 4 heteroatoms. The van der Waals surface area contributed by atoms with E-state index in [0.717, 1.165) is 26.5 Å². The van der Waals surface area contributed by atoms with Gasteiger partial charge >= 0.3 is 0 Å². The zero-order chi connectivity index (χ0) is 22.0. The van der Waals surface area contributed by atoms with E-state index in [4.69, 9.17) is 4.98 Å². The van der Waals surface area contributed by atoms with Gasteiger partial charge in [-0.2, -0.15) is 0 Å². The number of benzene rings is 3. The smallest absolute Gasteiger partial charge is 0.233 e. The average molecular weight is 429 g/mol. The zero-order valence-electron chi connectivity index (χ0n) is 18.6. The fraction of sp³-hybridized carbons (Fsp3) is 0.259. The van der Waals surface area contributed by atoms with E-state index in [1.54, 1.807) is 11.3 Å². The van der Waals surface area contributed by atoms with E-state index in [-0.39, 0.29) is 5.91 Å². The van der Waals surface area contributed by atoms with Crippen LogP contribution in [-0.4, -0.2) is 10.9 Å². The number of carbonyl (C=O) groups is 1. The molecule has 0 aliphatic heterocycles. The van der Waals surface area contributed by atoms with Gasteiger partial charge in [-0.05, 0) is 53.6 Å². The maximum Gasteiger partial charge on any atom is 0.233 e. The third-order valence-corrected chi connectivity index (χ3v) is 6.83. The van der Waals surface area contributed by atoms with Crippen molar-refractivity contribution in [2.75, 3.05) is 4.90 Å². The molecule has 4 rings (SSSR count). The topological polar surface area (TPSA) is 33.2 Å². The van der Waals surface area contributed by atoms with Crippen molar-refractivity contribution in [1.82, 2.24) is 4.98 Å². The minimum Gasteiger partial charge on any atom is -0.283 e. The van der Waals surface area contributed by atoms with Gasteiger partial charge in [0.2, 0.25) is 5.91 Å². The fourth-order valence-corrected chi connectivity index (χ4v) is 4.69. The number of anilines is 1. The number of thiazole rings is 1. The van der Waals surface area contributed by atoms with E-state index < -0.39 is 0 Å². The quantitative estimate of drug-likeness (QED) is 0.338. The Morgan fingerprint density at radius 2 is 1.65 bits per heavy atom. The molecular weight excluding hydrogens is 400 g/mol. The van der Waals surface area contributed by atoms with Crippen LogP contribution < -0.4 is 4.90 Å². The lowest BCUT2D eigenvalue weighted by molar-refractivity contribution is -0.118. The Bertz CT molecular complexity index is 1190. The second-order valence-corrected chi connectivity index (χ2v) is 9.40. The van der Waals surface area contributed by atoms with Crippen LogP contribution in [-0.2, 0) is 17.8 Å². The molecule has 158 valence electrons. The number of rotatable bonds is 6. The number of carbonyl (C=O) groups excluding carboxylic acids is 1. The molecule has 1 aromatic heterocycles. The molecule has 0 saturated heterocycles. The van der Waals surface area contributed by atoms with Crippen molar-refractivity contribution < 1.29 is 4.79 Å². The van der Waals surface area contributed by atoms with Crippen molar-refractivity contribution in [3.8, 4) is 0 Å². The third kappa shape index (κ3) is 4.70. The molecule has 3 aromatic carbocycles. The van der Waals surface area contributed by atoms with Crippen LogP contribution >= 0.6 is 11.3 Å². The first kappa shape index (κ1) is 21.3. The van der Waals surface area contributed by atoms with Gasteiger partial charge in [0, 0.05) is 0 Å². The van der Waals surface area contributed by atoms with Crippen molar-refractivity contribution in [3.05, 3.63) is 94.5 Å². The van der Waals surface area contributed by atoms with Gasteiger partial charge in [-0.1, -0.05) is 85.8 Å². The lowest BCUT2D eigenvalue weighted by Crippen LogP contribution is -2.31. The molecule has 4 aromatic rings. The summed E-state index contributed by atoms with van der Waals surface area (Å²) in [5.74, 6) is 0.545. The number of fused-ring (bicyclic) bond motifs is 1. The summed E-state index contributed by atoms with van der Waals surface area (Å²) in [6.07, 6.45) is 0.360. The monoisotopic (exact) mass is 428 g/mol. The number of amides is 1. The predicted molar refractivity (Wildman–Crippen MR) is 131 cm³/mol. The molecule has 0 bridgehead atoms. The number of aryl methyl sites for hydroxylation is 2. The SMILES string of the molecule is Cc1ccc2sc(N(Cc3ccccc3)C(=O)Cc3ccc(C(C)C)cc3)nc2c1C. The Kier molecular flexibility index (Phi) is 6.19. The normalized spacial score (nSPS) is 11.3. The highest BCUT2D eigenvalue weighted by Gasteiger charge is 2.21. The highest BCUT2D eigenvalue weighted by Crippen LogP contribution is 2.33. The summed E-state index contributed by atoms with van der Waals surface area (Å²) in [6, 6.07) is 22.7. The van der Waals surface area contributed by atoms with Crippen LogP contribution in [0.1, 0.15) is 47.6 Å². The summed E-state index contributed by atoms with van der Waals surface area (Å²) in [5.41, 5.74) is 6.80. The number of nitrogens with zero attached hydrogens (tertiary/aromatic N) is 2. The van der Waals surface area contributed by atoms with E-state index in [0.29, 0.717) is 18.9 Å². The molecule has 3 nitrogen and oxygen atoms in total. The van der Waals surface area contributed by atoms with Gasteiger partial charge in [-0.25, -0.2) is 4.98 Å². The van der Waals surface area contributed by atoms with Crippen LogP contribution in [0.3, 0.4) is 0 Å². The fourth-order valence-electron chi connectivity index (χ4n) is 3.65. The molecular formula is C27H28N2OS. The number of aromatic nitrogens is 1. The van der Waals surface area contributed by atoms with Crippen LogP contribution in [0, 0.1) is 13.8 Å². The molecule has 0 spiro atoms. The molecule has 0 fully saturated rings. The maximum absolute atomic E-state index is 13.5. The van der Waals surface area contributed by atoms with E-state index in [2.05, 4.69) is 76.2 Å². The number of hydrogen-bond acceptors (Lipinski definition) is 3. The van der Waals surface area contributed by atoms with Gasteiger partial charge in [0.25, 0.3) is 0 Å². The Morgan fingerprint density at radius 3 is 2.32 bits per heavy atom. The first-order chi connectivity index (χ1) is 14.9. The summed E-state index contributed by atoms with van der Waals surface area (Å²) < 4.78 is 1.12. The first-order valence-corrected chi connectivity index (χ1v) is 11.5. The lowest BCUT2D eigenvalue weighted by Gasteiger charge is -2.20. The average Bonchev–Trinajstić information content (AvgIpc) is 3.20. The molecule has 0 aliphatic carbocycles. The van der Waals surface area contributed by atoms with Gasteiger partial charge in [0.05, 0.1) is 23.2 Å². The second kappa shape index (κ2) is 9.03. The van der Waals surface area contributed by atoms with Crippen LogP contribution in [0.2, 0.25) is 0 Å². The van der Waals surface area contributed by atoms with Crippen molar-refractivity contribution >= 4 is 32.6 Å². The van der Waals surface area contributed by atoms with E-state index in [1.807, 2.05) is 23.1 Å². The zero-order valence-corrected chi connectivity index (χ0v) is 19.4. The van der Waals surface area contributed by atoms with Crippen molar-refractivity contribution in [2.24, 2.45) is 0 Å². The third-order valence-electron chi connectivity index (χ3n) is 5.79. The molecule has 0 radical (unpaired) electrons. The summed E-state index contributed by atoms with van der Waals surface area (Å²) in [4.78, 5) is 20.2. The van der Waals surface area contributed by atoms with Gasteiger partial charge in [-0.15, -0.1) is 0 Å². The van der Waals surface area contributed by atoms with Crippen LogP contribution in [0.15, 0.2) is 66.7 Å². The first-order valence-electron chi connectivity index (χ1n) is 10.7. The van der Waals surface area contributed by atoms with Crippen LogP contribution in [0.4, 0.5) is 5.13 Å². The predicted octanol–water partition coefficient (Wildman–Crippen LogP) is 6.81. The highest BCUT2D eigenvalue weighted by atomic mass is 32.1. The Labute approximate surface area is 188 Å². The van der Waals surface area contributed by atoms with Gasteiger partial charge in [0.1, 0.15) is 0 Å². The Balaban J connectivity index is 1.67. The molecule has 31 heavy (non-hydrogen) atoms. The summed E-state index contributed by atoms with van der Waals surface area (Å²) in [5, 5.41) is 0.761. The standard InChI is InChI=1S/C27H28N2OS/c1-18(2)23-13-11-21(12-14-23)16-25(30)29(17-22-8-6-5-7-9-22)27-28-26-20(4)19(3)10-15-24(26)31-27/h5-15,18H,16-17H2,1-4H3. The summed E-state index contributed by atoms with van der Waals surface area (Å²) >= 11 is 1.59. The molecule has 0 saturated carbocycles. The van der Waals surface area contributed by atoms with Crippen molar-refractivity contribution in [2.45, 2.75) is 46.6 Å². The molecule has 0 atom stereocenters. The van der Waals surface area contributed by atoms with Gasteiger partial charge in [0.15, 0.2) is 5.13 Å². The second-order valence-electron chi connectivity index (χ2n) is 8.39. The Hall–Kier alpha value is -2.98. The minimum atomic E-state index is 0.0644. The van der Waals surface area contributed by atoms with Gasteiger partial charge < -0.3 is 0 Å². The lowest BCUT2D eigenvalue weighted by atomic mass is 10.0. The van der Waals surface area contributed by atoms with E-state index in [9.17, 15) is 4.79 Å². The van der Waals surface area contributed by atoms with Crippen molar-refractivity contribution in [1.29, 1.82) is 0 Å². The molecule has 0 N–H and O–H groups in total. The van der Waals surface area contributed by atoms with Gasteiger partial charge in [-0.3, -0.25) is 9.69 Å². The molecule has 0 unspecified atom stereocenters. The largest absolute Gasteiger partial charge is 0.283 e. The van der Waals surface area contributed by atoms with E-state index in [1.165, 1.54) is 16.7 Å². The minimum absolute atomic E-state index is 0.0644. The van der Waals surface area contributed by atoms with Crippen molar-refractivity contribution in [3.63, 3.8) is 0 Å². The van der Waals surface area contributed by atoms with E-state index >= 15 is 0 Å². The molecule has 0 aliphatic rings. The highest BCUT2D eigenvalue weighted by molar-refractivity contribution is 7.22. The number of hydrogen-bond donors (Lipinski definition) is 0. The van der Waals surface area contributed by atoms with Crippen LogP contribution in [0.5, 0.6) is 0 Å². The molecule has 1 heterocycles. The molecule has 1 amide bonds. The summed E-state index contributed by atoms with van der Waals surface area (Å²) in [7, 11) is 0. The summed E-state index contributed by atoms with van der Waals surface area (Å²) in [6.45, 7) is 9.07. The van der Waals surface area contributed by atoms with Crippen LogP contribution in [0.25, 0.3) is 10.2 Å². The Morgan fingerprint density at radius 1 is 0.935 bits per heavy atom. The maximum atomic E-state index is 13.5.